The molecule has 1 rings (SSSR count). The third-order valence-corrected chi connectivity index (χ3v) is 2.35. The van der Waals surface area contributed by atoms with Gasteiger partial charge < -0.3 is 0 Å². The van der Waals surface area contributed by atoms with E-state index in [1.165, 1.54) is 10.4 Å². The molecule has 0 N–H and O–H groups in total. The first-order chi connectivity index (χ1) is 5.25. The molecule has 0 fully saturated rings. The monoisotopic (exact) mass is 165 g/mol. The molecule has 0 aliphatic rings. The Morgan fingerprint density at radius 3 is 2.64 bits per heavy atom. The predicted octanol–water partition coefficient (Wildman–Crippen LogP) is 2.96. The summed E-state index contributed by atoms with van der Waals surface area (Å²) in [5.41, 5.74) is 2.33. The molecule has 0 radical (unpaired) electrons. The van der Waals surface area contributed by atoms with Gasteiger partial charge in [0, 0.05) is 10.4 Å². The topological polar surface area (TPSA) is 12.9 Å². The third kappa shape index (κ3) is 1.77. The molecular formula is C9H11NS. The first kappa shape index (κ1) is 8.21. The zero-order chi connectivity index (χ0) is 8.27. The maximum Gasteiger partial charge on any atom is 0.0586 e. The lowest BCUT2D eigenvalue weighted by molar-refractivity contribution is 1.32. The second-order valence-electron chi connectivity index (χ2n) is 2.33. The highest BCUT2D eigenvalue weighted by molar-refractivity contribution is 7.06. The Balaban J connectivity index is 3.00. The van der Waals surface area contributed by atoms with Crippen LogP contribution in [0.5, 0.6) is 0 Å². The van der Waals surface area contributed by atoms with Gasteiger partial charge in [0.15, 0.2) is 0 Å². The molecule has 58 valence electrons. The van der Waals surface area contributed by atoms with Gasteiger partial charge in [-0.1, -0.05) is 24.8 Å². The highest BCUT2D eigenvalue weighted by atomic mass is 32.1. The Morgan fingerprint density at radius 1 is 1.45 bits per heavy atom. The Morgan fingerprint density at radius 2 is 2.18 bits per heavy atom. The first-order valence-corrected chi connectivity index (χ1v) is 4.25. The number of aryl methyl sites for hydroxylation is 2. The van der Waals surface area contributed by atoms with Crippen molar-refractivity contribution in [1.82, 2.24) is 4.37 Å². The van der Waals surface area contributed by atoms with Crippen molar-refractivity contribution in [2.24, 2.45) is 0 Å². The van der Waals surface area contributed by atoms with Gasteiger partial charge in [-0.2, -0.15) is 4.37 Å². The molecule has 0 aromatic carbocycles. The van der Waals surface area contributed by atoms with Crippen molar-refractivity contribution in [2.45, 2.75) is 13.8 Å². The number of nitrogens with zero attached hydrogens (tertiary/aromatic N) is 1. The van der Waals surface area contributed by atoms with Gasteiger partial charge in [0.25, 0.3) is 0 Å². The summed E-state index contributed by atoms with van der Waals surface area (Å²) in [6, 6.07) is 0. The Kier molecular flexibility index (Phi) is 2.60. The van der Waals surface area contributed by atoms with Gasteiger partial charge in [-0.15, -0.1) is 0 Å². The van der Waals surface area contributed by atoms with Gasteiger partial charge in [0.2, 0.25) is 0 Å². The van der Waals surface area contributed by atoms with Gasteiger partial charge in [-0.3, -0.25) is 0 Å². The van der Waals surface area contributed by atoms with Crippen LogP contribution in [-0.2, 0) is 0 Å². The molecule has 1 aromatic heterocycles. The maximum atomic E-state index is 4.23. The SMILES string of the molecule is C=C/C=C\c1c(C)nsc1C. The van der Waals surface area contributed by atoms with Crippen molar-refractivity contribution in [3.63, 3.8) is 0 Å². The molecule has 11 heavy (non-hydrogen) atoms. The lowest BCUT2D eigenvalue weighted by Gasteiger charge is -1.88. The van der Waals surface area contributed by atoms with Crippen LogP contribution in [0.4, 0.5) is 0 Å². The van der Waals surface area contributed by atoms with E-state index >= 15 is 0 Å². The van der Waals surface area contributed by atoms with E-state index in [0.717, 1.165) is 5.69 Å². The van der Waals surface area contributed by atoms with Crippen molar-refractivity contribution in [2.75, 3.05) is 0 Å². The van der Waals surface area contributed by atoms with Crippen LogP contribution in [0, 0.1) is 13.8 Å². The van der Waals surface area contributed by atoms with E-state index in [2.05, 4.69) is 17.9 Å². The Labute approximate surface area is 71.2 Å². The fourth-order valence-electron chi connectivity index (χ4n) is 0.892. The molecule has 1 aromatic rings. The number of hydrogen-bond donors (Lipinski definition) is 0. The molecule has 2 heteroatoms. The average Bonchev–Trinajstić information content (AvgIpc) is 2.29. The van der Waals surface area contributed by atoms with E-state index in [1.807, 2.05) is 19.1 Å². The van der Waals surface area contributed by atoms with Gasteiger partial charge in [-0.25, -0.2) is 0 Å². The van der Waals surface area contributed by atoms with Crippen LogP contribution in [0.15, 0.2) is 18.7 Å². The molecule has 0 aliphatic carbocycles. The molecule has 0 saturated heterocycles. The summed E-state index contributed by atoms with van der Waals surface area (Å²) >= 11 is 1.55. The first-order valence-electron chi connectivity index (χ1n) is 3.47. The molecule has 0 atom stereocenters. The standard InChI is InChI=1S/C9H11NS/c1-4-5-6-9-7(2)10-11-8(9)3/h4-6H,1H2,2-3H3/b6-5-. The van der Waals surface area contributed by atoms with Crippen LogP contribution in [0.3, 0.4) is 0 Å². The molecule has 0 amide bonds. The van der Waals surface area contributed by atoms with Crippen LogP contribution < -0.4 is 0 Å². The molecule has 1 nitrogen and oxygen atoms in total. The molecule has 0 spiro atoms. The highest BCUT2D eigenvalue weighted by Gasteiger charge is 2.00. The molecule has 0 saturated carbocycles. The number of allylic oxidation sites excluding steroid dienone is 2. The van der Waals surface area contributed by atoms with Crippen LogP contribution in [0.25, 0.3) is 6.08 Å². The normalized spacial score (nSPS) is 10.7. The van der Waals surface area contributed by atoms with Crippen molar-refractivity contribution in [3.05, 3.63) is 34.9 Å². The molecule has 0 bridgehead atoms. The molecular weight excluding hydrogens is 154 g/mol. The van der Waals surface area contributed by atoms with E-state index in [-0.39, 0.29) is 0 Å². The Hall–Kier alpha value is -0.890. The predicted molar refractivity (Wildman–Crippen MR) is 50.8 cm³/mol. The number of aromatic nitrogens is 1. The minimum atomic E-state index is 1.10. The van der Waals surface area contributed by atoms with Crippen molar-refractivity contribution >= 4 is 17.6 Å². The van der Waals surface area contributed by atoms with Crippen LogP contribution >= 0.6 is 11.5 Å². The summed E-state index contributed by atoms with van der Waals surface area (Å²) in [6.45, 7) is 7.71. The lowest BCUT2D eigenvalue weighted by atomic mass is 10.2. The molecule has 1 heterocycles. The van der Waals surface area contributed by atoms with Gasteiger partial charge >= 0.3 is 0 Å². The highest BCUT2D eigenvalue weighted by Crippen LogP contribution is 2.18. The van der Waals surface area contributed by atoms with Gasteiger partial charge in [-0.05, 0) is 25.4 Å². The molecule has 0 unspecified atom stereocenters. The average molecular weight is 165 g/mol. The summed E-state index contributed by atoms with van der Waals surface area (Å²) < 4.78 is 4.23. The summed E-state index contributed by atoms with van der Waals surface area (Å²) in [5, 5.41) is 0. The Bertz CT molecular complexity index is 264. The fourth-order valence-corrected chi connectivity index (χ4v) is 1.58. The summed E-state index contributed by atoms with van der Waals surface area (Å²) in [6.07, 6.45) is 5.75. The summed E-state index contributed by atoms with van der Waals surface area (Å²) in [4.78, 5) is 1.26. The smallest absolute Gasteiger partial charge is 0.0586 e. The quantitative estimate of drug-likeness (QED) is 0.614. The second kappa shape index (κ2) is 3.49. The lowest BCUT2D eigenvalue weighted by Crippen LogP contribution is -1.75. The third-order valence-electron chi connectivity index (χ3n) is 1.49. The van der Waals surface area contributed by atoms with Crippen molar-refractivity contribution in [3.8, 4) is 0 Å². The van der Waals surface area contributed by atoms with Gasteiger partial charge in [0.1, 0.15) is 0 Å². The van der Waals surface area contributed by atoms with Crippen molar-refractivity contribution in [1.29, 1.82) is 0 Å². The number of rotatable bonds is 2. The van der Waals surface area contributed by atoms with E-state index in [0.29, 0.717) is 0 Å². The fraction of sp³-hybridized carbons (Fsp3) is 0.222. The van der Waals surface area contributed by atoms with E-state index in [9.17, 15) is 0 Å². The zero-order valence-corrected chi connectivity index (χ0v) is 7.61. The minimum absolute atomic E-state index is 1.10. The summed E-state index contributed by atoms with van der Waals surface area (Å²) in [5.74, 6) is 0. The van der Waals surface area contributed by atoms with Gasteiger partial charge in [0.05, 0.1) is 5.69 Å². The van der Waals surface area contributed by atoms with Crippen molar-refractivity contribution < 1.29 is 0 Å². The van der Waals surface area contributed by atoms with E-state index in [4.69, 9.17) is 0 Å². The van der Waals surface area contributed by atoms with Crippen LogP contribution in [-0.4, -0.2) is 4.37 Å². The van der Waals surface area contributed by atoms with E-state index < -0.39 is 0 Å². The second-order valence-corrected chi connectivity index (χ2v) is 3.31. The maximum absolute atomic E-state index is 4.23. The minimum Gasteiger partial charge on any atom is -0.197 e. The zero-order valence-electron chi connectivity index (χ0n) is 6.79. The van der Waals surface area contributed by atoms with Crippen LogP contribution in [0.1, 0.15) is 16.1 Å². The van der Waals surface area contributed by atoms with Crippen LogP contribution in [0.2, 0.25) is 0 Å². The van der Waals surface area contributed by atoms with E-state index in [1.54, 1.807) is 17.6 Å². The summed E-state index contributed by atoms with van der Waals surface area (Å²) in [7, 11) is 0. The number of hydrogen-bond acceptors (Lipinski definition) is 2. The molecule has 0 aliphatic heterocycles. The largest absolute Gasteiger partial charge is 0.197 e.